The molecule has 4 nitrogen and oxygen atoms in total. The third-order valence-electron chi connectivity index (χ3n) is 3.19. The average Bonchev–Trinajstić information content (AvgIpc) is 2.93. The average molecular weight is 312 g/mol. The van der Waals surface area contributed by atoms with Crippen LogP contribution in [-0.4, -0.2) is 49.5 Å². The standard InChI is InChI=1S/C14H14BF3NO3/c15-13(21-9-10-4-2-1-3-5-10)19-7-6-11(8-19)22-12(20)14(16,17)18/h1-5,11H,6-9H2/t11-/m0/s1. The Morgan fingerprint density at radius 2 is 2.00 bits per heavy atom. The molecule has 1 aromatic carbocycles. The zero-order chi connectivity index (χ0) is 16.2. The summed E-state index contributed by atoms with van der Waals surface area (Å²) in [5.74, 6) is -2.07. The fourth-order valence-electron chi connectivity index (χ4n) is 2.07. The van der Waals surface area contributed by atoms with Crippen LogP contribution in [0.3, 0.4) is 0 Å². The van der Waals surface area contributed by atoms with Crippen LogP contribution in [0.1, 0.15) is 12.0 Å². The summed E-state index contributed by atoms with van der Waals surface area (Å²) in [7, 11) is 5.76. The number of rotatable bonds is 5. The van der Waals surface area contributed by atoms with Gasteiger partial charge in [-0.05, 0) is 0 Å². The molecule has 1 aromatic rings. The predicted octanol–water partition coefficient (Wildman–Crippen LogP) is 1.64. The molecule has 1 heterocycles. The van der Waals surface area contributed by atoms with E-state index >= 15 is 0 Å². The Morgan fingerprint density at radius 3 is 2.64 bits per heavy atom. The van der Waals surface area contributed by atoms with Crippen molar-refractivity contribution in [3.63, 3.8) is 0 Å². The van der Waals surface area contributed by atoms with E-state index in [4.69, 9.17) is 12.2 Å². The van der Waals surface area contributed by atoms with Gasteiger partial charge in [-0.2, -0.15) is 0 Å². The van der Waals surface area contributed by atoms with Crippen molar-refractivity contribution in [2.45, 2.75) is 25.3 Å². The van der Waals surface area contributed by atoms with Gasteiger partial charge in [0, 0.05) is 0 Å². The number of carbonyl (C=O) groups is 1. The number of carbonyl (C=O) groups excluding carboxylic acids is 1. The number of nitrogens with zero attached hydrogens (tertiary/aromatic N) is 1. The minimum atomic E-state index is -4.98. The number of hydrogen-bond acceptors (Lipinski definition) is 4. The number of likely N-dealkylation sites (tertiary alicyclic amines) is 1. The van der Waals surface area contributed by atoms with Crippen molar-refractivity contribution in [1.29, 1.82) is 0 Å². The molecule has 0 N–H and O–H groups in total. The molecular formula is C14H14BF3NO3. The first-order valence-electron chi connectivity index (χ1n) is 6.68. The first-order chi connectivity index (χ1) is 10.4. The molecule has 0 saturated carbocycles. The number of hydrogen-bond donors (Lipinski definition) is 0. The van der Waals surface area contributed by atoms with E-state index < -0.39 is 18.2 Å². The summed E-state index contributed by atoms with van der Waals surface area (Å²) in [5.41, 5.74) is 0.921. The van der Waals surface area contributed by atoms with Crippen LogP contribution >= 0.6 is 0 Å². The molecule has 1 radical (unpaired) electrons. The van der Waals surface area contributed by atoms with Gasteiger partial charge in [-0.3, -0.25) is 0 Å². The van der Waals surface area contributed by atoms with E-state index in [9.17, 15) is 18.0 Å². The van der Waals surface area contributed by atoms with Crippen molar-refractivity contribution in [1.82, 2.24) is 4.90 Å². The van der Waals surface area contributed by atoms with Gasteiger partial charge in [-0.1, -0.05) is 0 Å². The quantitative estimate of drug-likeness (QED) is 0.612. The van der Waals surface area contributed by atoms with Crippen LogP contribution in [0, 0.1) is 0 Å². The van der Waals surface area contributed by atoms with Crippen molar-refractivity contribution in [3.05, 3.63) is 35.9 Å². The Bertz CT molecular complexity index is 536. The third-order valence-corrected chi connectivity index (χ3v) is 3.19. The van der Waals surface area contributed by atoms with Gasteiger partial charge < -0.3 is 0 Å². The minimum absolute atomic E-state index is 0.0858. The normalized spacial score (nSPS) is 18.1. The van der Waals surface area contributed by atoms with E-state index in [2.05, 4.69) is 4.74 Å². The molecule has 1 saturated heterocycles. The Labute approximate surface area is 126 Å². The van der Waals surface area contributed by atoms with Crippen molar-refractivity contribution in [2.24, 2.45) is 0 Å². The molecular weight excluding hydrogens is 298 g/mol. The number of ether oxygens (including phenoxy) is 2. The molecule has 0 spiro atoms. The molecule has 0 aliphatic carbocycles. The van der Waals surface area contributed by atoms with Crippen LogP contribution in [0.4, 0.5) is 13.2 Å². The number of halogens is 3. The SMILES string of the molecule is [B]=C(OCc1ccccc1)N1CC[C@H](OC(=O)C(F)(F)F)C1. The number of esters is 1. The Morgan fingerprint density at radius 1 is 1.32 bits per heavy atom. The van der Waals surface area contributed by atoms with Crippen LogP contribution in [0.5, 0.6) is 0 Å². The van der Waals surface area contributed by atoms with Crippen LogP contribution < -0.4 is 0 Å². The molecule has 117 valence electrons. The third kappa shape index (κ3) is 4.51. The summed E-state index contributed by atoms with van der Waals surface area (Å²) in [6.45, 7) is 0.717. The van der Waals surface area contributed by atoms with Crippen LogP contribution in [-0.2, 0) is 20.9 Å². The summed E-state index contributed by atoms with van der Waals surface area (Å²) in [6.07, 6.45) is -5.54. The van der Waals surface area contributed by atoms with Gasteiger partial charge in [0.15, 0.2) is 0 Å². The maximum absolute atomic E-state index is 12.1. The van der Waals surface area contributed by atoms with Gasteiger partial charge >= 0.3 is 126 Å². The zero-order valence-electron chi connectivity index (χ0n) is 11.7. The van der Waals surface area contributed by atoms with Gasteiger partial charge in [-0.25, -0.2) is 0 Å². The van der Waals surface area contributed by atoms with E-state index in [1.54, 1.807) is 4.90 Å². The first-order valence-corrected chi connectivity index (χ1v) is 6.68. The fourth-order valence-corrected chi connectivity index (χ4v) is 2.07. The summed E-state index contributed by atoms with van der Waals surface area (Å²) in [4.78, 5) is 12.3. The van der Waals surface area contributed by atoms with Gasteiger partial charge in [0.2, 0.25) is 0 Å². The van der Waals surface area contributed by atoms with E-state index in [1.807, 2.05) is 30.3 Å². The second kappa shape index (κ2) is 6.85. The van der Waals surface area contributed by atoms with Gasteiger partial charge in [0.25, 0.3) is 0 Å². The van der Waals surface area contributed by atoms with Crippen LogP contribution in [0.25, 0.3) is 0 Å². The molecule has 0 amide bonds. The van der Waals surface area contributed by atoms with E-state index in [-0.39, 0.29) is 25.3 Å². The van der Waals surface area contributed by atoms with Crippen molar-refractivity contribution >= 4 is 19.2 Å². The van der Waals surface area contributed by atoms with E-state index in [0.29, 0.717) is 6.54 Å². The molecule has 1 atom stereocenters. The topological polar surface area (TPSA) is 38.8 Å². The molecule has 1 aliphatic rings. The maximum atomic E-state index is 12.1. The summed E-state index contributed by atoms with van der Waals surface area (Å²) >= 11 is 0. The second-order valence-electron chi connectivity index (χ2n) is 4.87. The Kier molecular flexibility index (Phi) is 5.10. The summed E-state index contributed by atoms with van der Waals surface area (Å²) in [6, 6.07) is 9.32. The van der Waals surface area contributed by atoms with Crippen LogP contribution in [0.15, 0.2) is 30.3 Å². The van der Waals surface area contributed by atoms with E-state index in [0.717, 1.165) is 5.56 Å². The van der Waals surface area contributed by atoms with Crippen molar-refractivity contribution < 1.29 is 27.4 Å². The number of alkyl halides is 3. The molecule has 1 fully saturated rings. The number of benzene rings is 1. The van der Waals surface area contributed by atoms with Crippen molar-refractivity contribution in [3.8, 4) is 0 Å². The molecule has 22 heavy (non-hydrogen) atoms. The van der Waals surface area contributed by atoms with Gasteiger partial charge in [0.1, 0.15) is 0 Å². The molecule has 1 aliphatic heterocycles. The Hall–Kier alpha value is -1.99. The molecule has 8 heteroatoms. The first kappa shape index (κ1) is 16.4. The molecule has 0 bridgehead atoms. The Balaban J connectivity index is 1.78. The monoisotopic (exact) mass is 312 g/mol. The van der Waals surface area contributed by atoms with Gasteiger partial charge in [-0.15, -0.1) is 0 Å². The van der Waals surface area contributed by atoms with E-state index in [1.165, 1.54) is 0 Å². The molecule has 0 aromatic heterocycles. The fraction of sp³-hybridized carbons (Fsp3) is 0.429. The summed E-state index contributed by atoms with van der Waals surface area (Å²) < 4.78 is 46.2. The predicted molar refractivity (Wildman–Crippen MR) is 74.1 cm³/mol. The summed E-state index contributed by atoms with van der Waals surface area (Å²) in [5, 5.41) is 0. The van der Waals surface area contributed by atoms with Gasteiger partial charge in [0.05, 0.1) is 0 Å². The zero-order valence-corrected chi connectivity index (χ0v) is 11.7. The van der Waals surface area contributed by atoms with Crippen molar-refractivity contribution in [2.75, 3.05) is 13.1 Å². The molecule has 0 unspecified atom stereocenters. The van der Waals surface area contributed by atoms with Crippen LogP contribution in [0.2, 0.25) is 0 Å². The second-order valence-corrected chi connectivity index (χ2v) is 4.87. The molecule has 2 rings (SSSR count).